The van der Waals surface area contributed by atoms with Crippen LogP contribution in [-0.2, 0) is 9.53 Å². The Kier molecular flexibility index (Phi) is 6.49. The fourth-order valence-electron chi connectivity index (χ4n) is 2.50. The summed E-state index contributed by atoms with van der Waals surface area (Å²) in [6.45, 7) is 1.65. The third-order valence-electron chi connectivity index (χ3n) is 3.91. The number of thiophene rings is 1. The van der Waals surface area contributed by atoms with Gasteiger partial charge in [-0.15, -0.1) is 11.3 Å². The molecule has 0 aliphatic heterocycles. The van der Waals surface area contributed by atoms with Crippen molar-refractivity contribution >= 4 is 44.1 Å². The summed E-state index contributed by atoms with van der Waals surface area (Å²) in [5.41, 5.74) is 1.27. The van der Waals surface area contributed by atoms with Crippen LogP contribution in [0.2, 0.25) is 0 Å². The Morgan fingerprint density at radius 2 is 1.82 bits per heavy atom. The van der Waals surface area contributed by atoms with Crippen LogP contribution in [0.3, 0.4) is 0 Å². The van der Waals surface area contributed by atoms with Gasteiger partial charge in [0.25, 0.3) is 5.91 Å². The second kappa shape index (κ2) is 9.03. The smallest absolute Gasteiger partial charge is 0.340 e. The Labute approximate surface area is 175 Å². The molecule has 0 spiro atoms. The van der Waals surface area contributed by atoms with Crippen LogP contribution in [0.4, 0.5) is 5.00 Å². The molecule has 0 aliphatic rings. The number of halogens is 1. The number of ether oxygens (including phenoxy) is 2. The van der Waals surface area contributed by atoms with Crippen LogP contribution in [0.15, 0.2) is 65.1 Å². The third-order valence-corrected chi connectivity index (χ3v) is 5.50. The Morgan fingerprint density at radius 1 is 1.07 bits per heavy atom. The normalized spacial score (nSPS) is 11.5. The number of hydrogen-bond acceptors (Lipinski definition) is 5. The zero-order valence-corrected chi connectivity index (χ0v) is 17.7. The molecule has 0 saturated heterocycles. The van der Waals surface area contributed by atoms with Crippen molar-refractivity contribution in [2.45, 2.75) is 13.0 Å². The largest absolute Gasteiger partial charge is 0.481 e. The molecule has 2 aromatic carbocycles. The molecule has 28 heavy (non-hydrogen) atoms. The zero-order chi connectivity index (χ0) is 20.1. The van der Waals surface area contributed by atoms with E-state index in [0.717, 1.165) is 14.9 Å². The van der Waals surface area contributed by atoms with Gasteiger partial charge in [-0.2, -0.15) is 0 Å². The highest BCUT2D eigenvalue weighted by atomic mass is 79.9. The molecule has 0 aliphatic carbocycles. The number of anilines is 1. The van der Waals surface area contributed by atoms with Gasteiger partial charge in [-0.05, 0) is 36.8 Å². The molecule has 1 unspecified atom stereocenters. The molecule has 0 radical (unpaired) electrons. The Bertz CT molecular complexity index is 987. The first-order chi connectivity index (χ1) is 13.5. The van der Waals surface area contributed by atoms with Gasteiger partial charge in [0.2, 0.25) is 0 Å². The lowest BCUT2D eigenvalue weighted by molar-refractivity contribution is -0.122. The van der Waals surface area contributed by atoms with Crippen molar-refractivity contribution < 1.29 is 19.1 Å². The number of nitrogens with one attached hydrogen (secondary N) is 1. The summed E-state index contributed by atoms with van der Waals surface area (Å²) in [7, 11) is 1.31. The van der Waals surface area contributed by atoms with Gasteiger partial charge in [-0.3, -0.25) is 4.79 Å². The molecule has 144 valence electrons. The van der Waals surface area contributed by atoms with E-state index in [1.165, 1.54) is 18.4 Å². The summed E-state index contributed by atoms with van der Waals surface area (Å²) in [6.07, 6.45) is -0.748. The van der Waals surface area contributed by atoms with Crippen molar-refractivity contribution in [1.29, 1.82) is 0 Å². The van der Waals surface area contributed by atoms with Crippen molar-refractivity contribution in [1.82, 2.24) is 0 Å². The van der Waals surface area contributed by atoms with Crippen molar-refractivity contribution in [2.75, 3.05) is 12.4 Å². The standard InChI is InChI=1S/C21H18BrNO4S/c1-13(27-16-10-6-9-15(22)11-16)19(24)23-20-17(21(25)26-2)12-18(28-20)14-7-4-3-5-8-14/h3-13H,1-2H3,(H,23,24). The lowest BCUT2D eigenvalue weighted by atomic mass is 10.1. The van der Waals surface area contributed by atoms with Crippen LogP contribution >= 0.6 is 27.3 Å². The number of rotatable bonds is 6. The van der Waals surface area contributed by atoms with Gasteiger partial charge in [0.05, 0.1) is 12.7 Å². The van der Waals surface area contributed by atoms with Crippen LogP contribution in [0.5, 0.6) is 5.75 Å². The average molecular weight is 460 g/mol. The average Bonchev–Trinajstić information content (AvgIpc) is 3.12. The maximum absolute atomic E-state index is 12.6. The summed E-state index contributed by atoms with van der Waals surface area (Å²) >= 11 is 4.69. The van der Waals surface area contributed by atoms with E-state index >= 15 is 0 Å². The molecule has 1 N–H and O–H groups in total. The Hall–Kier alpha value is -2.64. The molecule has 0 bridgehead atoms. The van der Waals surface area contributed by atoms with E-state index in [0.29, 0.717) is 16.3 Å². The third kappa shape index (κ3) is 4.79. The van der Waals surface area contributed by atoms with Gasteiger partial charge in [-0.1, -0.05) is 52.3 Å². The van der Waals surface area contributed by atoms with Crippen LogP contribution in [-0.4, -0.2) is 25.1 Å². The highest BCUT2D eigenvalue weighted by Gasteiger charge is 2.22. The molecule has 1 heterocycles. The fourth-order valence-corrected chi connectivity index (χ4v) is 3.93. The van der Waals surface area contributed by atoms with E-state index in [2.05, 4.69) is 21.2 Å². The second-order valence-corrected chi connectivity index (χ2v) is 7.89. The maximum atomic E-state index is 12.6. The van der Waals surface area contributed by atoms with E-state index in [9.17, 15) is 9.59 Å². The molecule has 0 fully saturated rings. The van der Waals surface area contributed by atoms with Crippen molar-refractivity contribution in [3.8, 4) is 16.2 Å². The Morgan fingerprint density at radius 3 is 2.50 bits per heavy atom. The Balaban J connectivity index is 1.80. The molecule has 1 aromatic heterocycles. The van der Waals surface area contributed by atoms with E-state index in [1.54, 1.807) is 25.1 Å². The van der Waals surface area contributed by atoms with Crippen molar-refractivity contribution in [2.24, 2.45) is 0 Å². The van der Waals surface area contributed by atoms with Gasteiger partial charge in [-0.25, -0.2) is 4.79 Å². The minimum atomic E-state index is -0.748. The number of esters is 1. The monoisotopic (exact) mass is 459 g/mol. The summed E-state index contributed by atoms with van der Waals surface area (Å²) in [6, 6.07) is 18.6. The lowest BCUT2D eigenvalue weighted by Crippen LogP contribution is -2.30. The van der Waals surface area contributed by atoms with E-state index in [4.69, 9.17) is 9.47 Å². The van der Waals surface area contributed by atoms with Crippen LogP contribution in [0.25, 0.3) is 10.4 Å². The summed E-state index contributed by atoms with van der Waals surface area (Å²) in [5, 5.41) is 3.22. The van der Waals surface area contributed by atoms with Crippen LogP contribution < -0.4 is 10.1 Å². The maximum Gasteiger partial charge on any atom is 0.340 e. The summed E-state index contributed by atoms with van der Waals surface area (Å²) < 4.78 is 11.4. The van der Waals surface area contributed by atoms with Gasteiger partial charge in [0.15, 0.2) is 6.10 Å². The highest BCUT2D eigenvalue weighted by Crippen LogP contribution is 2.36. The van der Waals surface area contributed by atoms with E-state index in [1.807, 2.05) is 42.5 Å². The van der Waals surface area contributed by atoms with Gasteiger partial charge >= 0.3 is 5.97 Å². The molecule has 1 amide bonds. The van der Waals surface area contributed by atoms with Crippen molar-refractivity contribution in [3.05, 3.63) is 70.7 Å². The quantitative estimate of drug-likeness (QED) is 0.503. The first kappa shape index (κ1) is 20.1. The van der Waals surface area contributed by atoms with E-state index < -0.39 is 12.1 Å². The highest BCUT2D eigenvalue weighted by molar-refractivity contribution is 9.10. The predicted octanol–water partition coefficient (Wildman–Crippen LogP) is 5.37. The number of amides is 1. The summed E-state index contributed by atoms with van der Waals surface area (Å²) in [5.74, 6) is -0.290. The minimum Gasteiger partial charge on any atom is -0.481 e. The lowest BCUT2D eigenvalue weighted by Gasteiger charge is -2.14. The van der Waals surface area contributed by atoms with Gasteiger partial charge < -0.3 is 14.8 Å². The van der Waals surface area contributed by atoms with Gasteiger partial charge in [0, 0.05) is 9.35 Å². The van der Waals surface area contributed by atoms with E-state index in [-0.39, 0.29) is 5.91 Å². The molecule has 0 saturated carbocycles. The van der Waals surface area contributed by atoms with Crippen LogP contribution in [0.1, 0.15) is 17.3 Å². The number of methoxy groups -OCH3 is 1. The van der Waals surface area contributed by atoms with Crippen molar-refractivity contribution in [3.63, 3.8) is 0 Å². The molecular formula is C21H18BrNO4S. The molecule has 3 rings (SSSR count). The number of carbonyl (C=O) groups excluding carboxylic acids is 2. The number of hydrogen-bond donors (Lipinski definition) is 1. The molecular weight excluding hydrogens is 442 g/mol. The van der Waals surface area contributed by atoms with Gasteiger partial charge in [0.1, 0.15) is 10.8 Å². The predicted molar refractivity (Wildman–Crippen MR) is 114 cm³/mol. The first-order valence-corrected chi connectivity index (χ1v) is 10.1. The number of benzene rings is 2. The number of carbonyl (C=O) groups is 2. The fraction of sp³-hybridized carbons (Fsp3) is 0.143. The summed E-state index contributed by atoms with van der Waals surface area (Å²) in [4.78, 5) is 25.6. The minimum absolute atomic E-state index is 0.314. The molecule has 1 atom stereocenters. The first-order valence-electron chi connectivity index (χ1n) is 8.48. The second-order valence-electron chi connectivity index (χ2n) is 5.92. The zero-order valence-electron chi connectivity index (χ0n) is 15.3. The topological polar surface area (TPSA) is 64.6 Å². The van der Waals surface area contributed by atoms with Crippen LogP contribution in [0, 0.1) is 0 Å². The SMILES string of the molecule is COC(=O)c1cc(-c2ccccc2)sc1NC(=O)C(C)Oc1cccc(Br)c1. The molecule has 7 heteroatoms. The molecule has 5 nitrogen and oxygen atoms in total. The molecule has 3 aromatic rings.